The van der Waals surface area contributed by atoms with Crippen LogP contribution in [-0.2, 0) is 14.8 Å². The van der Waals surface area contributed by atoms with Gasteiger partial charge in [0, 0.05) is 23.1 Å². The van der Waals surface area contributed by atoms with Crippen molar-refractivity contribution in [3.8, 4) is 17.0 Å². The number of carbonyl (C=O) groups excluding carboxylic acids is 1. The average molecular weight is 492 g/mol. The van der Waals surface area contributed by atoms with Crippen molar-refractivity contribution in [1.82, 2.24) is 9.71 Å². The third-order valence-corrected chi connectivity index (χ3v) is 6.92. The Morgan fingerprint density at radius 3 is 2.58 bits per heavy atom. The average Bonchev–Trinajstić information content (AvgIpc) is 3.46. The number of ether oxygens (including phenoxy) is 1. The van der Waals surface area contributed by atoms with Gasteiger partial charge in [0.2, 0.25) is 15.9 Å². The van der Waals surface area contributed by atoms with Crippen molar-refractivity contribution in [3.05, 3.63) is 65.6 Å². The number of benzene rings is 2. The maximum atomic E-state index is 12.6. The van der Waals surface area contributed by atoms with E-state index in [0.29, 0.717) is 22.0 Å². The molecule has 33 heavy (non-hydrogen) atoms. The summed E-state index contributed by atoms with van der Waals surface area (Å²) in [5.74, 6) is -0.450. The monoisotopic (exact) mass is 491 g/mol. The van der Waals surface area contributed by atoms with Gasteiger partial charge in [-0.3, -0.25) is 10.1 Å². The highest BCUT2D eigenvalue weighted by atomic mass is 32.2. The van der Waals surface area contributed by atoms with Crippen LogP contribution >= 0.6 is 11.3 Å². The Bertz CT molecular complexity index is 1270. The summed E-state index contributed by atoms with van der Waals surface area (Å²) in [6.07, 6.45) is 4.54. The third-order valence-electron chi connectivity index (χ3n) is 4.63. The lowest BCUT2D eigenvalue weighted by molar-refractivity contribution is -0.111. The van der Waals surface area contributed by atoms with E-state index in [-0.39, 0.29) is 16.7 Å². The summed E-state index contributed by atoms with van der Waals surface area (Å²) in [5.41, 5.74) is 1.43. The van der Waals surface area contributed by atoms with Crippen LogP contribution in [0.4, 0.5) is 13.9 Å². The molecule has 0 aliphatic heterocycles. The highest BCUT2D eigenvalue weighted by Crippen LogP contribution is 2.33. The molecule has 0 saturated heterocycles. The fourth-order valence-electron chi connectivity index (χ4n) is 2.90. The van der Waals surface area contributed by atoms with Crippen LogP contribution in [0, 0.1) is 0 Å². The SMILES string of the molecule is O=C(/C=C/c1ccc(S(=O)(=O)NC2CC2)cc1)Nc1nc(-c2ccccc2OC(F)F)cs1. The number of anilines is 1. The maximum absolute atomic E-state index is 12.6. The molecule has 2 N–H and O–H groups in total. The van der Waals surface area contributed by atoms with Gasteiger partial charge >= 0.3 is 6.61 Å². The second-order valence-corrected chi connectivity index (χ2v) is 9.77. The number of aromatic nitrogens is 1. The molecule has 11 heteroatoms. The van der Waals surface area contributed by atoms with Crippen LogP contribution < -0.4 is 14.8 Å². The lowest BCUT2D eigenvalue weighted by Gasteiger charge is -2.08. The van der Waals surface area contributed by atoms with Crippen molar-refractivity contribution in [1.29, 1.82) is 0 Å². The number of thiazole rings is 1. The van der Waals surface area contributed by atoms with E-state index in [9.17, 15) is 22.0 Å². The minimum Gasteiger partial charge on any atom is -0.434 e. The number of carbonyl (C=O) groups is 1. The van der Waals surface area contributed by atoms with Crippen molar-refractivity contribution in [2.24, 2.45) is 0 Å². The van der Waals surface area contributed by atoms with Gasteiger partial charge in [0.15, 0.2) is 5.13 Å². The molecule has 1 amide bonds. The van der Waals surface area contributed by atoms with Crippen molar-refractivity contribution < 1.29 is 26.7 Å². The number of hydrogen-bond donors (Lipinski definition) is 2. The topological polar surface area (TPSA) is 97.4 Å². The molecular weight excluding hydrogens is 472 g/mol. The molecule has 3 aromatic rings. The maximum Gasteiger partial charge on any atom is 0.387 e. The molecule has 1 aliphatic rings. The van der Waals surface area contributed by atoms with E-state index in [2.05, 4.69) is 19.8 Å². The van der Waals surface area contributed by atoms with E-state index in [4.69, 9.17) is 0 Å². The minimum absolute atomic E-state index is 0.00614. The Hall–Kier alpha value is -3.15. The van der Waals surface area contributed by atoms with Crippen LogP contribution in [0.5, 0.6) is 5.75 Å². The fraction of sp³-hybridized carbons (Fsp3) is 0.182. The van der Waals surface area contributed by atoms with Crippen molar-refractivity contribution in [3.63, 3.8) is 0 Å². The predicted octanol–water partition coefficient (Wildman–Crippen LogP) is 4.50. The molecule has 4 rings (SSSR count). The van der Waals surface area contributed by atoms with Crippen molar-refractivity contribution in [2.45, 2.75) is 30.4 Å². The number of halogens is 2. The van der Waals surface area contributed by atoms with Crippen LogP contribution in [0.3, 0.4) is 0 Å². The molecule has 1 heterocycles. The Labute approximate surface area is 193 Å². The Kier molecular flexibility index (Phi) is 6.82. The highest BCUT2D eigenvalue weighted by Gasteiger charge is 2.27. The zero-order valence-corrected chi connectivity index (χ0v) is 18.7. The smallest absolute Gasteiger partial charge is 0.387 e. The van der Waals surface area contributed by atoms with Crippen LogP contribution in [0.1, 0.15) is 18.4 Å². The molecule has 1 saturated carbocycles. The van der Waals surface area contributed by atoms with E-state index in [1.54, 1.807) is 41.8 Å². The first-order chi connectivity index (χ1) is 15.8. The summed E-state index contributed by atoms with van der Waals surface area (Å²) in [4.78, 5) is 16.7. The molecule has 1 aliphatic carbocycles. The third kappa shape index (κ3) is 6.21. The fourth-order valence-corrected chi connectivity index (χ4v) is 4.92. The molecule has 0 unspecified atom stereocenters. The van der Waals surface area contributed by atoms with Crippen molar-refractivity contribution >= 4 is 38.5 Å². The van der Waals surface area contributed by atoms with Crippen LogP contribution in [0.25, 0.3) is 17.3 Å². The Morgan fingerprint density at radius 1 is 1.15 bits per heavy atom. The van der Waals surface area contributed by atoms with E-state index in [0.717, 1.165) is 24.2 Å². The number of nitrogens with zero attached hydrogens (tertiary/aromatic N) is 1. The van der Waals surface area contributed by atoms with Crippen LogP contribution in [-0.4, -0.2) is 32.0 Å². The van der Waals surface area contributed by atoms with Crippen molar-refractivity contribution in [2.75, 3.05) is 5.32 Å². The lowest BCUT2D eigenvalue weighted by atomic mass is 10.1. The first-order valence-electron chi connectivity index (χ1n) is 9.91. The first kappa shape index (κ1) is 23.0. The first-order valence-corrected chi connectivity index (χ1v) is 12.3. The number of amides is 1. The summed E-state index contributed by atoms with van der Waals surface area (Å²) in [6, 6.07) is 12.5. The Balaban J connectivity index is 1.38. The number of sulfonamides is 1. The second-order valence-electron chi connectivity index (χ2n) is 7.20. The van der Waals surface area contributed by atoms with E-state index in [1.807, 2.05) is 0 Å². The van der Waals surface area contributed by atoms with Gasteiger partial charge in [0.05, 0.1) is 10.6 Å². The number of para-hydroxylation sites is 1. The van der Waals surface area contributed by atoms with Crippen LogP contribution in [0.2, 0.25) is 0 Å². The van der Waals surface area contributed by atoms with E-state index in [1.165, 1.54) is 24.3 Å². The lowest BCUT2D eigenvalue weighted by Crippen LogP contribution is -2.25. The van der Waals surface area contributed by atoms with Gasteiger partial charge < -0.3 is 4.74 Å². The number of alkyl halides is 2. The summed E-state index contributed by atoms with van der Waals surface area (Å²) < 4.78 is 56.8. The molecule has 172 valence electrons. The van der Waals surface area contributed by atoms with Crippen LogP contribution in [0.15, 0.2) is 64.9 Å². The number of nitrogens with one attached hydrogen (secondary N) is 2. The molecule has 0 atom stereocenters. The van der Waals surface area contributed by atoms with Gasteiger partial charge in [-0.2, -0.15) is 8.78 Å². The second kappa shape index (κ2) is 9.77. The molecule has 0 spiro atoms. The Morgan fingerprint density at radius 2 is 1.88 bits per heavy atom. The largest absolute Gasteiger partial charge is 0.434 e. The number of hydrogen-bond acceptors (Lipinski definition) is 6. The molecule has 7 nitrogen and oxygen atoms in total. The molecule has 0 bridgehead atoms. The van der Waals surface area contributed by atoms with Gasteiger partial charge in [0.25, 0.3) is 0 Å². The van der Waals surface area contributed by atoms with E-state index >= 15 is 0 Å². The molecule has 1 fully saturated rings. The van der Waals surface area contributed by atoms with Gasteiger partial charge in [-0.15, -0.1) is 11.3 Å². The summed E-state index contributed by atoms with van der Waals surface area (Å²) in [7, 11) is -3.53. The van der Waals surface area contributed by atoms with Gasteiger partial charge in [-0.25, -0.2) is 18.1 Å². The highest BCUT2D eigenvalue weighted by molar-refractivity contribution is 7.89. The summed E-state index contributed by atoms with van der Waals surface area (Å²) >= 11 is 1.14. The summed E-state index contributed by atoms with van der Waals surface area (Å²) in [6.45, 7) is -2.96. The molecular formula is C22H19F2N3O4S2. The number of rotatable bonds is 9. The van der Waals surface area contributed by atoms with Gasteiger partial charge in [-0.05, 0) is 48.7 Å². The molecule has 0 radical (unpaired) electrons. The van der Waals surface area contributed by atoms with Gasteiger partial charge in [0.1, 0.15) is 5.75 Å². The normalized spacial score (nSPS) is 14.0. The zero-order valence-electron chi connectivity index (χ0n) is 17.1. The standard InChI is InChI=1S/C22H19F2N3O4S2/c23-21(24)31-19-4-2-1-3-17(19)18-13-32-22(25-18)26-20(28)12-7-14-5-10-16(11-6-14)33(29,30)27-15-8-9-15/h1-7,10-13,15,21,27H,8-9H2,(H,25,26,28)/b12-7+. The summed E-state index contributed by atoms with van der Waals surface area (Å²) in [5, 5.41) is 4.53. The zero-order chi connectivity index (χ0) is 23.4. The quantitative estimate of drug-likeness (QED) is 0.430. The predicted molar refractivity (Wildman–Crippen MR) is 122 cm³/mol. The minimum atomic E-state index is -3.53. The van der Waals surface area contributed by atoms with Gasteiger partial charge in [-0.1, -0.05) is 24.3 Å². The molecule has 1 aromatic heterocycles. The molecule has 2 aromatic carbocycles. The van der Waals surface area contributed by atoms with E-state index < -0.39 is 22.5 Å².